The first-order valence-corrected chi connectivity index (χ1v) is 8.12. The molecular weight excluding hydrogens is 330 g/mol. The van der Waals surface area contributed by atoms with E-state index >= 15 is 0 Å². The lowest BCUT2D eigenvalue weighted by Gasteiger charge is -2.36. The van der Waals surface area contributed by atoms with Gasteiger partial charge in [-0.05, 0) is 18.6 Å². The smallest absolute Gasteiger partial charge is 0.261 e. The van der Waals surface area contributed by atoms with Gasteiger partial charge >= 0.3 is 0 Å². The van der Waals surface area contributed by atoms with Gasteiger partial charge < -0.3 is 24.4 Å². The Balaban J connectivity index is 1.51. The predicted octanol–water partition coefficient (Wildman–Crippen LogP) is -0.218. The molecule has 3 rings (SSSR count). The second-order valence-electron chi connectivity index (χ2n) is 5.99. The van der Waals surface area contributed by atoms with Gasteiger partial charge in [-0.2, -0.15) is 0 Å². The molecular formula is C17H21NO7. The first-order chi connectivity index (χ1) is 12.0. The van der Waals surface area contributed by atoms with Crippen molar-refractivity contribution < 1.29 is 34.0 Å². The van der Waals surface area contributed by atoms with Crippen LogP contribution in [0.4, 0.5) is 0 Å². The summed E-state index contributed by atoms with van der Waals surface area (Å²) < 4.78 is 15.6. The SMILES string of the molecule is CO[C@H]1OC[C@H](O)[C@H](OCCCN2C(=O)c3ccccc3C2=O)[C@H]1O. The molecule has 4 atom stereocenters. The number of imide groups is 1. The molecule has 2 aliphatic rings. The number of amides is 2. The second kappa shape index (κ2) is 7.59. The summed E-state index contributed by atoms with van der Waals surface area (Å²) in [5, 5.41) is 19.9. The summed E-state index contributed by atoms with van der Waals surface area (Å²) in [6, 6.07) is 6.70. The topological polar surface area (TPSA) is 106 Å². The zero-order valence-corrected chi connectivity index (χ0v) is 13.8. The third kappa shape index (κ3) is 3.44. The molecule has 8 nitrogen and oxygen atoms in total. The standard InChI is InChI=1S/C17H21NO7/c1-23-17-13(20)14(12(19)9-25-17)24-8-4-7-18-15(21)10-5-2-3-6-11(10)16(18)22/h2-3,5-6,12-14,17,19-20H,4,7-9H2,1H3/t12-,13+,14-,17-/m0/s1. The maximum absolute atomic E-state index is 12.2. The van der Waals surface area contributed by atoms with Crippen molar-refractivity contribution in [3.63, 3.8) is 0 Å². The Morgan fingerprint density at radius 3 is 2.44 bits per heavy atom. The highest BCUT2D eigenvalue weighted by atomic mass is 16.7. The zero-order chi connectivity index (χ0) is 18.0. The maximum atomic E-state index is 12.2. The fraction of sp³-hybridized carbons (Fsp3) is 0.529. The van der Waals surface area contributed by atoms with Crippen LogP contribution in [0.2, 0.25) is 0 Å². The molecule has 1 saturated heterocycles. The minimum absolute atomic E-state index is 0.00135. The molecule has 2 amide bonds. The molecule has 0 aromatic heterocycles. The minimum Gasteiger partial charge on any atom is -0.388 e. The van der Waals surface area contributed by atoms with Crippen LogP contribution in [0.15, 0.2) is 24.3 Å². The Morgan fingerprint density at radius 2 is 1.84 bits per heavy atom. The fourth-order valence-electron chi connectivity index (χ4n) is 3.07. The van der Waals surface area contributed by atoms with Crippen LogP contribution in [-0.2, 0) is 14.2 Å². The summed E-state index contributed by atoms with van der Waals surface area (Å²) in [5.41, 5.74) is 0.818. The number of carbonyl (C=O) groups is 2. The third-order valence-electron chi connectivity index (χ3n) is 4.37. The molecule has 25 heavy (non-hydrogen) atoms. The van der Waals surface area contributed by atoms with Crippen molar-refractivity contribution in [3.8, 4) is 0 Å². The largest absolute Gasteiger partial charge is 0.388 e. The lowest BCUT2D eigenvalue weighted by atomic mass is 10.1. The first-order valence-electron chi connectivity index (χ1n) is 8.12. The minimum atomic E-state index is -1.12. The van der Waals surface area contributed by atoms with Gasteiger partial charge in [0, 0.05) is 20.3 Å². The van der Waals surface area contributed by atoms with E-state index in [0.717, 1.165) is 0 Å². The van der Waals surface area contributed by atoms with Gasteiger partial charge in [-0.3, -0.25) is 14.5 Å². The molecule has 0 unspecified atom stereocenters. The number of fused-ring (bicyclic) bond motifs is 1. The summed E-state index contributed by atoms with van der Waals surface area (Å²) in [6.07, 6.45) is -3.40. The van der Waals surface area contributed by atoms with Crippen LogP contribution in [0.3, 0.4) is 0 Å². The van der Waals surface area contributed by atoms with Crippen molar-refractivity contribution in [2.24, 2.45) is 0 Å². The van der Waals surface area contributed by atoms with E-state index in [9.17, 15) is 19.8 Å². The highest BCUT2D eigenvalue weighted by molar-refractivity contribution is 6.21. The molecule has 0 aliphatic carbocycles. The van der Waals surface area contributed by atoms with Gasteiger partial charge in [-0.25, -0.2) is 0 Å². The van der Waals surface area contributed by atoms with Gasteiger partial charge in [0.1, 0.15) is 18.3 Å². The average molecular weight is 351 g/mol. The number of aliphatic hydroxyl groups excluding tert-OH is 2. The van der Waals surface area contributed by atoms with Gasteiger partial charge in [0.2, 0.25) is 0 Å². The molecule has 2 aliphatic heterocycles. The Labute approximate surface area is 144 Å². The monoisotopic (exact) mass is 351 g/mol. The number of carbonyl (C=O) groups excluding carboxylic acids is 2. The summed E-state index contributed by atoms with van der Waals surface area (Å²) in [5.74, 6) is -0.627. The van der Waals surface area contributed by atoms with Crippen LogP contribution in [0, 0.1) is 0 Å². The van der Waals surface area contributed by atoms with Crippen LogP contribution in [0.5, 0.6) is 0 Å². The van der Waals surface area contributed by atoms with Crippen molar-refractivity contribution in [2.75, 3.05) is 26.9 Å². The van der Waals surface area contributed by atoms with E-state index in [1.807, 2.05) is 0 Å². The number of aliphatic hydroxyl groups is 2. The lowest BCUT2D eigenvalue weighted by Crippen LogP contribution is -2.54. The number of methoxy groups -OCH3 is 1. The highest BCUT2D eigenvalue weighted by Crippen LogP contribution is 2.23. The molecule has 0 radical (unpaired) electrons. The summed E-state index contributed by atoms with van der Waals surface area (Å²) in [7, 11) is 1.39. The maximum Gasteiger partial charge on any atom is 0.261 e. The highest BCUT2D eigenvalue weighted by Gasteiger charge is 2.40. The molecule has 1 aromatic carbocycles. The van der Waals surface area contributed by atoms with Crippen LogP contribution in [0.1, 0.15) is 27.1 Å². The zero-order valence-electron chi connectivity index (χ0n) is 13.8. The van der Waals surface area contributed by atoms with Gasteiger partial charge in [-0.1, -0.05) is 12.1 Å². The summed E-state index contributed by atoms with van der Waals surface area (Å²) in [6.45, 7) is 0.372. The van der Waals surface area contributed by atoms with Crippen LogP contribution >= 0.6 is 0 Å². The molecule has 8 heteroatoms. The van der Waals surface area contributed by atoms with Gasteiger partial charge in [0.05, 0.1) is 17.7 Å². The number of ether oxygens (including phenoxy) is 3. The van der Waals surface area contributed by atoms with Crippen molar-refractivity contribution in [3.05, 3.63) is 35.4 Å². The van der Waals surface area contributed by atoms with E-state index in [4.69, 9.17) is 14.2 Å². The Morgan fingerprint density at radius 1 is 1.20 bits per heavy atom. The molecule has 1 fully saturated rings. The van der Waals surface area contributed by atoms with Crippen LogP contribution in [0.25, 0.3) is 0 Å². The van der Waals surface area contributed by atoms with Crippen molar-refractivity contribution in [1.29, 1.82) is 0 Å². The number of nitrogens with zero attached hydrogens (tertiary/aromatic N) is 1. The Kier molecular flexibility index (Phi) is 5.45. The molecule has 0 saturated carbocycles. The van der Waals surface area contributed by atoms with Gasteiger partial charge in [0.15, 0.2) is 6.29 Å². The van der Waals surface area contributed by atoms with Gasteiger partial charge in [0.25, 0.3) is 11.8 Å². The Hall–Kier alpha value is -1.84. The van der Waals surface area contributed by atoms with Crippen LogP contribution in [-0.4, -0.2) is 78.4 Å². The molecule has 0 spiro atoms. The predicted molar refractivity (Wildman–Crippen MR) is 84.9 cm³/mol. The number of benzene rings is 1. The molecule has 136 valence electrons. The normalized spacial score (nSPS) is 29.2. The third-order valence-corrected chi connectivity index (χ3v) is 4.37. The fourth-order valence-corrected chi connectivity index (χ4v) is 3.07. The average Bonchev–Trinajstić information content (AvgIpc) is 2.86. The molecule has 2 N–H and O–H groups in total. The van der Waals surface area contributed by atoms with E-state index in [0.29, 0.717) is 17.5 Å². The van der Waals surface area contributed by atoms with E-state index in [2.05, 4.69) is 0 Å². The van der Waals surface area contributed by atoms with E-state index in [1.54, 1.807) is 24.3 Å². The quantitative estimate of drug-likeness (QED) is 0.539. The van der Waals surface area contributed by atoms with Crippen molar-refractivity contribution >= 4 is 11.8 Å². The van der Waals surface area contributed by atoms with E-state index < -0.39 is 24.6 Å². The molecule has 1 aromatic rings. The summed E-state index contributed by atoms with van der Waals surface area (Å²) >= 11 is 0. The van der Waals surface area contributed by atoms with E-state index in [-0.39, 0.29) is 31.6 Å². The molecule has 2 heterocycles. The van der Waals surface area contributed by atoms with E-state index in [1.165, 1.54) is 12.0 Å². The first kappa shape index (κ1) is 18.0. The number of rotatable bonds is 6. The number of hydrogen-bond acceptors (Lipinski definition) is 7. The van der Waals surface area contributed by atoms with Gasteiger partial charge in [-0.15, -0.1) is 0 Å². The lowest BCUT2D eigenvalue weighted by molar-refractivity contribution is -0.270. The second-order valence-corrected chi connectivity index (χ2v) is 5.99. The van der Waals surface area contributed by atoms with Crippen molar-refractivity contribution in [2.45, 2.75) is 31.0 Å². The number of hydrogen-bond donors (Lipinski definition) is 2. The Bertz CT molecular complexity index is 615. The summed E-state index contributed by atoms with van der Waals surface area (Å²) in [4.78, 5) is 25.7. The van der Waals surface area contributed by atoms with Crippen LogP contribution < -0.4 is 0 Å². The molecule has 0 bridgehead atoms. The van der Waals surface area contributed by atoms with Crippen molar-refractivity contribution in [1.82, 2.24) is 4.90 Å².